The van der Waals surface area contributed by atoms with Crippen LogP contribution in [-0.4, -0.2) is 45.6 Å². The van der Waals surface area contributed by atoms with Crippen molar-refractivity contribution in [1.82, 2.24) is 0 Å². The Labute approximate surface area is 286 Å². The van der Waals surface area contributed by atoms with Gasteiger partial charge in [-0.1, -0.05) is 48.9 Å². The third kappa shape index (κ3) is 4.54. The van der Waals surface area contributed by atoms with Gasteiger partial charge in [-0.25, -0.2) is 9.29 Å². The van der Waals surface area contributed by atoms with Crippen LogP contribution in [0, 0.1) is 29.5 Å². The van der Waals surface area contributed by atoms with E-state index in [0.29, 0.717) is 16.8 Å². The average molecular weight is 690 g/mol. The lowest BCUT2D eigenvalue weighted by Crippen LogP contribution is -2.60. The maximum atomic E-state index is 14.4. The van der Waals surface area contributed by atoms with Crippen molar-refractivity contribution in [2.24, 2.45) is 23.7 Å². The van der Waals surface area contributed by atoms with Crippen LogP contribution >= 0.6 is 23.2 Å². The fraction of sp³-hybridized carbons (Fsp3) is 0.297. The zero-order chi connectivity index (χ0) is 34.1. The summed E-state index contributed by atoms with van der Waals surface area (Å²) in [6, 6.07) is 16.8. The van der Waals surface area contributed by atoms with Crippen molar-refractivity contribution in [3.63, 3.8) is 0 Å². The fourth-order valence-corrected chi connectivity index (χ4v) is 8.68. The molecule has 7 rings (SSSR count). The van der Waals surface area contributed by atoms with E-state index in [1.54, 1.807) is 36.4 Å². The summed E-state index contributed by atoms with van der Waals surface area (Å²) >= 11 is 14.7. The summed E-state index contributed by atoms with van der Waals surface area (Å²) in [5, 5.41) is 10.1. The number of carbonyl (C=O) groups excluding carboxylic acids is 4. The maximum Gasteiger partial charge on any atom is 0.258 e. The number of rotatable bonds is 6. The van der Waals surface area contributed by atoms with Crippen LogP contribution in [-0.2, 0) is 25.6 Å². The van der Waals surface area contributed by atoms with Crippen molar-refractivity contribution < 1.29 is 33.4 Å². The second-order valence-electron chi connectivity index (χ2n) is 12.6. The summed E-state index contributed by atoms with van der Waals surface area (Å²) in [7, 11) is 1.42. The van der Waals surface area contributed by atoms with Crippen LogP contribution in [0.2, 0.25) is 0 Å². The van der Waals surface area contributed by atoms with Crippen LogP contribution in [0.15, 0.2) is 84.5 Å². The number of aromatic hydroxyl groups is 1. The highest BCUT2D eigenvalue weighted by atomic mass is 35.5. The number of imide groups is 2. The highest BCUT2D eigenvalue weighted by Crippen LogP contribution is 2.63. The van der Waals surface area contributed by atoms with Crippen molar-refractivity contribution in [2.75, 3.05) is 16.9 Å². The van der Waals surface area contributed by atoms with Gasteiger partial charge in [0.2, 0.25) is 11.8 Å². The van der Waals surface area contributed by atoms with Gasteiger partial charge in [0.05, 0.1) is 30.3 Å². The van der Waals surface area contributed by atoms with E-state index in [1.165, 1.54) is 30.2 Å². The Hall–Kier alpha value is -4.47. The van der Waals surface area contributed by atoms with Gasteiger partial charge in [-0.05, 0) is 84.8 Å². The van der Waals surface area contributed by atoms with Gasteiger partial charge in [0.1, 0.15) is 5.82 Å². The number of alkyl halides is 2. The number of halogens is 3. The molecule has 6 atom stereocenters. The summed E-state index contributed by atoms with van der Waals surface area (Å²) in [5.41, 5.74) is 2.87. The van der Waals surface area contributed by atoms with E-state index in [2.05, 4.69) is 0 Å². The molecule has 0 radical (unpaired) electrons. The van der Waals surface area contributed by atoms with Crippen molar-refractivity contribution >= 4 is 64.3 Å². The number of methoxy groups -OCH3 is 1. The van der Waals surface area contributed by atoms with Gasteiger partial charge in [0, 0.05) is 5.92 Å². The molecule has 1 N–H and O–H groups in total. The zero-order valence-electron chi connectivity index (χ0n) is 26.0. The van der Waals surface area contributed by atoms with Crippen molar-refractivity contribution in [2.45, 2.75) is 35.9 Å². The van der Waals surface area contributed by atoms with Gasteiger partial charge in [0.25, 0.3) is 11.8 Å². The van der Waals surface area contributed by atoms with E-state index in [-0.39, 0.29) is 35.9 Å². The summed E-state index contributed by atoms with van der Waals surface area (Å²) < 4.78 is 19.1. The second-order valence-corrected chi connectivity index (χ2v) is 13.9. The molecule has 48 heavy (non-hydrogen) atoms. The molecule has 3 aromatic carbocycles. The molecule has 4 aliphatic rings. The quantitative estimate of drug-likeness (QED) is 0.182. The number of phenols is 1. The van der Waals surface area contributed by atoms with Crippen molar-refractivity contribution in [1.29, 1.82) is 0 Å². The Bertz CT molecular complexity index is 1930. The first kappa shape index (κ1) is 32.1. The first-order chi connectivity index (χ1) is 22.9. The lowest BCUT2D eigenvalue weighted by Gasteiger charge is -2.49. The Kier molecular flexibility index (Phi) is 7.75. The predicted octanol–water partition coefficient (Wildman–Crippen LogP) is 6.42. The van der Waals surface area contributed by atoms with E-state index in [0.717, 1.165) is 29.0 Å². The SMILES string of the molecule is CCc1ccc(N2C(=O)C3CC=C4C(CC5(Cl)C(=O)N(c6ccc(F)cc6)C(=O)C5(Cl)C4C=Cc4ccc(O)c(OC)c4)C3C2=O)cc1. The average Bonchev–Trinajstić information content (AvgIpc) is 3.43. The van der Waals surface area contributed by atoms with E-state index < -0.39 is 57.0 Å². The molecule has 2 heterocycles. The number of amides is 4. The number of nitrogens with zero attached hydrogens (tertiary/aromatic N) is 2. The van der Waals surface area contributed by atoms with Gasteiger partial charge in [-0.2, -0.15) is 0 Å². The third-order valence-electron chi connectivity index (χ3n) is 10.2. The standard InChI is InChI=1S/C37H31Cl2FN2O6/c1-3-20-4-10-23(11-5-20)41-32(44)26-15-14-25-27(31(26)33(41)45)19-36(38)34(46)42(24-12-8-22(40)9-13-24)35(47)37(36,39)28(25)16-6-21-7-17-29(43)30(18-21)48-2/h4-14,16-18,26-28,31,43H,3,15,19H2,1-2H3. The van der Waals surface area contributed by atoms with E-state index >= 15 is 0 Å². The second kappa shape index (κ2) is 11.6. The molecule has 2 saturated heterocycles. The smallest absolute Gasteiger partial charge is 0.258 e. The number of hydrogen-bond acceptors (Lipinski definition) is 6. The van der Waals surface area contributed by atoms with E-state index in [4.69, 9.17) is 27.9 Å². The lowest BCUT2D eigenvalue weighted by molar-refractivity contribution is -0.125. The Balaban J connectivity index is 1.35. The summed E-state index contributed by atoms with van der Waals surface area (Å²) in [6.45, 7) is 2.01. The minimum Gasteiger partial charge on any atom is -0.504 e. The third-order valence-corrected chi connectivity index (χ3v) is 11.7. The van der Waals surface area contributed by atoms with Gasteiger partial charge in [-0.3, -0.25) is 24.1 Å². The number of fused-ring (bicyclic) bond motifs is 4. The summed E-state index contributed by atoms with van der Waals surface area (Å²) in [6.07, 6.45) is 6.07. The molecule has 4 amide bonds. The number of allylic oxidation sites excluding steroid dienone is 3. The normalized spacial score (nSPS) is 29.6. The van der Waals surface area contributed by atoms with Gasteiger partial charge in [0.15, 0.2) is 21.2 Å². The minimum absolute atomic E-state index is 0.0631. The monoisotopic (exact) mass is 688 g/mol. The number of benzene rings is 3. The molecular weight excluding hydrogens is 658 g/mol. The minimum atomic E-state index is -2.03. The lowest BCUT2D eigenvalue weighted by atomic mass is 9.57. The molecule has 0 spiro atoms. The van der Waals surface area contributed by atoms with Crippen LogP contribution < -0.4 is 14.5 Å². The maximum absolute atomic E-state index is 14.4. The van der Waals surface area contributed by atoms with E-state index in [9.17, 15) is 28.7 Å². The fourth-order valence-electron chi connectivity index (χ4n) is 7.79. The number of aryl methyl sites for hydroxylation is 1. The summed E-state index contributed by atoms with van der Waals surface area (Å²) in [4.78, 5) is 54.8. The molecule has 3 aromatic rings. The number of carbonyl (C=O) groups is 4. The van der Waals surface area contributed by atoms with Crippen LogP contribution in [0.3, 0.4) is 0 Å². The molecule has 8 nitrogen and oxygen atoms in total. The topological polar surface area (TPSA) is 104 Å². The van der Waals surface area contributed by atoms with Crippen molar-refractivity contribution in [3.05, 3.63) is 101 Å². The predicted molar refractivity (Wildman–Crippen MR) is 179 cm³/mol. The van der Waals surface area contributed by atoms with Gasteiger partial charge < -0.3 is 9.84 Å². The van der Waals surface area contributed by atoms with Crippen molar-refractivity contribution in [3.8, 4) is 11.5 Å². The molecule has 11 heteroatoms. The molecule has 2 aliphatic heterocycles. The molecule has 246 valence electrons. The Morgan fingerprint density at radius 2 is 1.58 bits per heavy atom. The Morgan fingerprint density at radius 1 is 0.917 bits per heavy atom. The molecule has 3 fully saturated rings. The first-order valence-electron chi connectivity index (χ1n) is 15.7. The number of ether oxygens (including phenoxy) is 1. The Morgan fingerprint density at radius 3 is 2.25 bits per heavy atom. The van der Waals surface area contributed by atoms with Crippen LogP contribution in [0.25, 0.3) is 6.08 Å². The molecule has 2 aliphatic carbocycles. The van der Waals surface area contributed by atoms with Crippen LogP contribution in [0.5, 0.6) is 11.5 Å². The largest absolute Gasteiger partial charge is 0.504 e. The van der Waals surface area contributed by atoms with Crippen LogP contribution in [0.1, 0.15) is 30.9 Å². The molecule has 6 unspecified atom stereocenters. The summed E-state index contributed by atoms with van der Waals surface area (Å²) in [5.74, 6) is -5.90. The van der Waals surface area contributed by atoms with E-state index in [1.807, 2.05) is 25.1 Å². The number of anilines is 2. The van der Waals surface area contributed by atoms with Gasteiger partial charge in [-0.15, -0.1) is 23.2 Å². The number of hydrogen-bond donors (Lipinski definition) is 1. The van der Waals surface area contributed by atoms with Crippen LogP contribution in [0.4, 0.5) is 15.8 Å². The highest BCUT2D eigenvalue weighted by molar-refractivity contribution is 6.58. The number of phenolic OH excluding ortho intramolecular Hbond substituents is 1. The molecule has 0 aromatic heterocycles. The molecular formula is C37H31Cl2FN2O6. The van der Waals surface area contributed by atoms with Gasteiger partial charge >= 0.3 is 0 Å². The zero-order valence-corrected chi connectivity index (χ0v) is 27.5. The molecule has 1 saturated carbocycles. The molecule has 0 bridgehead atoms. The first-order valence-corrected chi connectivity index (χ1v) is 16.4. The highest BCUT2D eigenvalue weighted by Gasteiger charge is 2.76.